The van der Waals surface area contributed by atoms with E-state index in [2.05, 4.69) is 15.0 Å². The third-order valence-electron chi connectivity index (χ3n) is 4.35. The number of nitrogens with zero attached hydrogens (tertiary/aromatic N) is 4. The van der Waals surface area contributed by atoms with Crippen LogP contribution < -0.4 is 5.73 Å². The molecule has 2 aromatic heterocycles. The highest BCUT2D eigenvalue weighted by atomic mass is 35.5. The van der Waals surface area contributed by atoms with Crippen LogP contribution in [0.2, 0.25) is 5.15 Å². The zero-order chi connectivity index (χ0) is 17.8. The molecule has 0 atom stereocenters. The molecule has 3 heterocycles. The van der Waals surface area contributed by atoms with Crippen LogP contribution in [0.4, 0.5) is 0 Å². The zero-order valence-corrected chi connectivity index (χ0v) is 14.8. The number of rotatable bonds is 3. The monoisotopic (exact) mass is 357 g/mol. The second-order valence-corrected chi connectivity index (χ2v) is 6.42. The fourth-order valence-corrected chi connectivity index (χ4v) is 3.02. The van der Waals surface area contributed by atoms with E-state index in [1.807, 2.05) is 17.0 Å². The van der Waals surface area contributed by atoms with Crippen molar-refractivity contribution in [2.45, 2.75) is 25.8 Å². The lowest BCUT2D eigenvalue weighted by atomic mass is 10.1. The number of hydrogen-bond donors (Lipinski definition) is 1. The number of piperidine rings is 1. The van der Waals surface area contributed by atoms with Gasteiger partial charge in [0.2, 0.25) is 5.91 Å². The van der Waals surface area contributed by atoms with E-state index in [9.17, 15) is 4.79 Å². The van der Waals surface area contributed by atoms with E-state index in [0.717, 1.165) is 42.6 Å². The molecule has 0 saturated carbocycles. The standard InChI is InChI=1S/C18H20ClN5O/c1-12(25)24-6-4-15(5-7-24)21-11-14(9-20)13-8-17-16(22-10-13)2-3-18(19)23-17/h2-3,8-11,15H,4-7,20H2,1H3. The van der Waals surface area contributed by atoms with Crippen molar-refractivity contribution in [1.29, 1.82) is 0 Å². The molecular weight excluding hydrogens is 338 g/mol. The minimum Gasteiger partial charge on any atom is -0.404 e. The Hall–Kier alpha value is -2.47. The normalized spacial score (nSPS) is 16.7. The second kappa shape index (κ2) is 7.61. The van der Waals surface area contributed by atoms with E-state index in [1.54, 1.807) is 25.4 Å². The van der Waals surface area contributed by atoms with Crippen LogP contribution in [0.1, 0.15) is 25.3 Å². The molecule has 1 fully saturated rings. The maximum absolute atomic E-state index is 11.4. The van der Waals surface area contributed by atoms with Crippen molar-refractivity contribution in [1.82, 2.24) is 14.9 Å². The highest BCUT2D eigenvalue weighted by molar-refractivity contribution is 6.29. The SMILES string of the molecule is CC(=O)N1CCC(N=CC(=CN)c2cnc3ccc(Cl)nc3c2)CC1. The van der Waals surface area contributed by atoms with Crippen LogP contribution in [0, 0.1) is 0 Å². The van der Waals surface area contributed by atoms with Crippen molar-refractivity contribution in [2.24, 2.45) is 10.7 Å². The van der Waals surface area contributed by atoms with E-state index >= 15 is 0 Å². The van der Waals surface area contributed by atoms with Crippen LogP contribution in [0.3, 0.4) is 0 Å². The van der Waals surface area contributed by atoms with Gasteiger partial charge in [-0.3, -0.25) is 14.8 Å². The van der Waals surface area contributed by atoms with Crippen molar-refractivity contribution in [3.63, 3.8) is 0 Å². The highest BCUT2D eigenvalue weighted by Crippen LogP contribution is 2.19. The average molecular weight is 358 g/mol. The van der Waals surface area contributed by atoms with Crippen LogP contribution in [0.25, 0.3) is 16.6 Å². The first kappa shape index (κ1) is 17.4. The van der Waals surface area contributed by atoms with Crippen molar-refractivity contribution >= 4 is 40.3 Å². The maximum Gasteiger partial charge on any atom is 0.219 e. The van der Waals surface area contributed by atoms with Crippen molar-refractivity contribution in [2.75, 3.05) is 13.1 Å². The number of pyridine rings is 2. The number of carbonyl (C=O) groups excluding carboxylic acids is 1. The number of amides is 1. The fourth-order valence-electron chi connectivity index (χ4n) is 2.87. The van der Waals surface area contributed by atoms with E-state index in [1.165, 1.54) is 6.20 Å². The Balaban J connectivity index is 1.74. The first-order valence-corrected chi connectivity index (χ1v) is 8.58. The summed E-state index contributed by atoms with van der Waals surface area (Å²) in [5, 5.41) is 0.427. The summed E-state index contributed by atoms with van der Waals surface area (Å²) in [5.74, 6) is 0.123. The van der Waals surface area contributed by atoms with Crippen molar-refractivity contribution < 1.29 is 4.79 Å². The Morgan fingerprint density at radius 2 is 2.12 bits per heavy atom. The lowest BCUT2D eigenvalue weighted by Crippen LogP contribution is -2.38. The molecule has 0 bridgehead atoms. The Labute approximate surface area is 151 Å². The molecule has 0 radical (unpaired) electrons. The number of carbonyl (C=O) groups is 1. The summed E-state index contributed by atoms with van der Waals surface area (Å²) in [4.78, 5) is 26.5. The summed E-state index contributed by atoms with van der Waals surface area (Å²) in [6.45, 7) is 3.10. The summed E-state index contributed by atoms with van der Waals surface area (Å²) in [7, 11) is 0. The Morgan fingerprint density at radius 3 is 2.80 bits per heavy atom. The number of halogens is 1. The summed E-state index contributed by atoms with van der Waals surface area (Å²) in [6.07, 6.45) is 6.77. The summed E-state index contributed by atoms with van der Waals surface area (Å²) in [5.41, 5.74) is 8.89. The maximum atomic E-state index is 11.4. The van der Waals surface area contributed by atoms with Gasteiger partial charge in [0, 0.05) is 49.8 Å². The molecule has 1 aliphatic heterocycles. The molecule has 0 aromatic carbocycles. The molecule has 2 N–H and O–H groups in total. The number of allylic oxidation sites excluding steroid dienone is 1. The molecule has 2 aromatic rings. The number of fused-ring (bicyclic) bond motifs is 1. The van der Waals surface area contributed by atoms with Gasteiger partial charge in [-0.2, -0.15) is 0 Å². The third kappa shape index (κ3) is 4.14. The molecule has 3 rings (SSSR count). The van der Waals surface area contributed by atoms with Gasteiger partial charge >= 0.3 is 0 Å². The molecule has 0 spiro atoms. The molecule has 0 aliphatic carbocycles. The van der Waals surface area contributed by atoms with Crippen molar-refractivity contribution in [3.05, 3.63) is 41.3 Å². The molecule has 1 amide bonds. The zero-order valence-electron chi connectivity index (χ0n) is 14.0. The number of hydrogen-bond acceptors (Lipinski definition) is 5. The molecule has 1 aliphatic rings. The van der Waals surface area contributed by atoms with E-state index < -0.39 is 0 Å². The Morgan fingerprint density at radius 1 is 1.36 bits per heavy atom. The van der Waals surface area contributed by atoms with E-state index in [-0.39, 0.29) is 11.9 Å². The van der Waals surface area contributed by atoms with E-state index in [4.69, 9.17) is 17.3 Å². The molecule has 1 saturated heterocycles. The largest absolute Gasteiger partial charge is 0.404 e. The Bertz CT molecular complexity index is 840. The van der Waals surface area contributed by atoms with Crippen molar-refractivity contribution in [3.8, 4) is 0 Å². The predicted molar refractivity (Wildman–Crippen MR) is 100 cm³/mol. The van der Waals surface area contributed by atoms with Gasteiger partial charge in [0.1, 0.15) is 5.15 Å². The minimum absolute atomic E-state index is 0.123. The molecule has 25 heavy (non-hydrogen) atoms. The lowest BCUT2D eigenvalue weighted by Gasteiger charge is -2.29. The highest BCUT2D eigenvalue weighted by Gasteiger charge is 2.19. The first-order chi connectivity index (χ1) is 12.1. The number of nitrogens with two attached hydrogens (primary N) is 1. The van der Waals surface area contributed by atoms with Crippen LogP contribution in [-0.2, 0) is 4.79 Å². The fraction of sp³-hybridized carbons (Fsp3) is 0.333. The summed E-state index contributed by atoms with van der Waals surface area (Å²) in [6, 6.07) is 5.64. The number of aromatic nitrogens is 2. The van der Waals surface area contributed by atoms with Gasteiger partial charge in [-0.25, -0.2) is 4.98 Å². The number of likely N-dealkylation sites (tertiary alicyclic amines) is 1. The van der Waals surface area contributed by atoms with Crippen LogP contribution >= 0.6 is 11.6 Å². The average Bonchev–Trinajstić information content (AvgIpc) is 2.62. The second-order valence-electron chi connectivity index (χ2n) is 6.03. The summed E-state index contributed by atoms with van der Waals surface area (Å²) < 4.78 is 0. The Kier molecular flexibility index (Phi) is 5.28. The lowest BCUT2D eigenvalue weighted by molar-refractivity contribution is -0.129. The van der Waals surface area contributed by atoms with Gasteiger partial charge in [0.15, 0.2) is 0 Å². The van der Waals surface area contributed by atoms with Gasteiger partial charge in [0.25, 0.3) is 0 Å². The molecule has 130 valence electrons. The van der Waals surface area contributed by atoms with Crippen LogP contribution in [-0.4, -0.2) is 46.1 Å². The smallest absolute Gasteiger partial charge is 0.219 e. The van der Waals surface area contributed by atoms with Gasteiger partial charge in [-0.15, -0.1) is 0 Å². The molecule has 6 nitrogen and oxygen atoms in total. The minimum atomic E-state index is 0.123. The summed E-state index contributed by atoms with van der Waals surface area (Å²) >= 11 is 5.95. The quantitative estimate of drug-likeness (QED) is 0.676. The molecule has 7 heteroatoms. The van der Waals surface area contributed by atoms with Gasteiger partial charge in [-0.1, -0.05) is 11.6 Å². The topological polar surface area (TPSA) is 84.5 Å². The van der Waals surface area contributed by atoms with Gasteiger partial charge in [0.05, 0.1) is 17.1 Å². The third-order valence-corrected chi connectivity index (χ3v) is 4.56. The molecule has 0 unspecified atom stereocenters. The van der Waals surface area contributed by atoms with Gasteiger partial charge < -0.3 is 10.6 Å². The molecular formula is C18H20ClN5O. The van der Waals surface area contributed by atoms with Crippen LogP contribution in [0.15, 0.2) is 35.6 Å². The van der Waals surface area contributed by atoms with Crippen LogP contribution in [0.5, 0.6) is 0 Å². The van der Waals surface area contributed by atoms with E-state index in [0.29, 0.717) is 10.7 Å². The van der Waals surface area contributed by atoms with Gasteiger partial charge in [-0.05, 0) is 31.0 Å². The predicted octanol–water partition coefficient (Wildman–Crippen LogP) is 2.66. The number of aliphatic imine (C=N–C) groups is 1. The first-order valence-electron chi connectivity index (χ1n) is 8.20.